The number of carbonyl (C=O) groups excluding carboxylic acids is 1. The van der Waals surface area contributed by atoms with Gasteiger partial charge in [-0.05, 0) is 25.7 Å². The topological polar surface area (TPSA) is 29.5 Å². The molecule has 0 heterocycles. The smallest absolute Gasteiger partial charge is 0.248 e. The summed E-state index contributed by atoms with van der Waals surface area (Å²) in [7, 11) is 0. The van der Waals surface area contributed by atoms with E-state index < -0.39 is 0 Å². The van der Waals surface area contributed by atoms with Crippen molar-refractivity contribution in [3.05, 3.63) is 0 Å². The Morgan fingerprint density at radius 1 is 1.53 bits per heavy atom. The molecule has 1 aliphatic rings. The van der Waals surface area contributed by atoms with Gasteiger partial charge in [0, 0.05) is 24.5 Å². The van der Waals surface area contributed by atoms with Crippen molar-refractivity contribution in [2.24, 2.45) is 0 Å². The van der Waals surface area contributed by atoms with Crippen LogP contribution in [0.5, 0.6) is 0 Å². The van der Waals surface area contributed by atoms with Gasteiger partial charge < -0.3 is 9.64 Å². The number of carbonyl (C=O) groups is 1. The van der Waals surface area contributed by atoms with Crippen LogP contribution in [0.4, 0.5) is 0 Å². The summed E-state index contributed by atoms with van der Waals surface area (Å²) in [6.07, 6.45) is 4.54. The maximum absolute atomic E-state index is 11.8. The van der Waals surface area contributed by atoms with Crippen molar-refractivity contribution in [2.75, 3.05) is 25.1 Å². The Balaban J connectivity index is 2.29. The van der Waals surface area contributed by atoms with Gasteiger partial charge in [-0.25, -0.2) is 0 Å². The van der Waals surface area contributed by atoms with Crippen molar-refractivity contribution in [2.45, 2.75) is 38.6 Å². The van der Waals surface area contributed by atoms with E-state index in [9.17, 15) is 4.79 Å². The fourth-order valence-corrected chi connectivity index (χ4v) is 2.07. The van der Waals surface area contributed by atoms with Gasteiger partial charge in [0.25, 0.3) is 0 Å². The molecule has 0 aromatic rings. The number of hydrogen-bond donors (Lipinski definition) is 0. The third-order valence-corrected chi connectivity index (χ3v) is 3.09. The van der Waals surface area contributed by atoms with E-state index in [1.807, 2.05) is 11.8 Å². The summed E-state index contributed by atoms with van der Waals surface area (Å²) >= 11 is 3.39. The van der Waals surface area contributed by atoms with Crippen LogP contribution < -0.4 is 0 Å². The van der Waals surface area contributed by atoms with Gasteiger partial charge in [0.1, 0.15) is 6.61 Å². The lowest BCUT2D eigenvalue weighted by molar-refractivity contribution is -0.139. The lowest BCUT2D eigenvalue weighted by Crippen LogP contribution is -2.46. The van der Waals surface area contributed by atoms with Crippen LogP contribution in [-0.4, -0.2) is 41.9 Å². The monoisotopic (exact) mass is 277 g/mol. The van der Waals surface area contributed by atoms with Crippen LogP contribution in [0.25, 0.3) is 0 Å². The van der Waals surface area contributed by atoms with Crippen LogP contribution in [0.1, 0.15) is 32.6 Å². The second-order valence-electron chi connectivity index (χ2n) is 3.91. The molecule has 0 radical (unpaired) electrons. The standard InChI is InChI=1S/C11H20BrNO2/c1-2-8-15-9-11(14)13(7-6-12)10-4-3-5-10/h10H,2-9H2,1H3. The predicted octanol–water partition coefficient (Wildman–Crippen LogP) is 2.19. The van der Waals surface area contributed by atoms with Gasteiger partial charge in [0.2, 0.25) is 5.91 Å². The molecule has 0 bridgehead atoms. The third-order valence-electron chi connectivity index (χ3n) is 2.74. The molecule has 1 amide bonds. The van der Waals surface area contributed by atoms with Crippen molar-refractivity contribution < 1.29 is 9.53 Å². The van der Waals surface area contributed by atoms with Crippen LogP contribution >= 0.6 is 15.9 Å². The molecule has 1 fully saturated rings. The van der Waals surface area contributed by atoms with Crippen LogP contribution in [0.3, 0.4) is 0 Å². The second-order valence-corrected chi connectivity index (χ2v) is 4.71. The number of alkyl halides is 1. The molecule has 0 saturated heterocycles. The number of hydrogen-bond acceptors (Lipinski definition) is 2. The maximum Gasteiger partial charge on any atom is 0.248 e. The van der Waals surface area contributed by atoms with Crippen molar-refractivity contribution in [3.8, 4) is 0 Å². The average molecular weight is 278 g/mol. The van der Waals surface area contributed by atoms with E-state index in [0.29, 0.717) is 12.6 Å². The molecule has 0 spiro atoms. The van der Waals surface area contributed by atoms with Gasteiger partial charge in [0.15, 0.2) is 0 Å². The van der Waals surface area contributed by atoms with Crippen molar-refractivity contribution in [3.63, 3.8) is 0 Å². The molecule has 0 unspecified atom stereocenters. The predicted molar refractivity (Wildman–Crippen MR) is 64.3 cm³/mol. The summed E-state index contributed by atoms with van der Waals surface area (Å²) in [6, 6.07) is 0.472. The molecule has 4 heteroatoms. The lowest BCUT2D eigenvalue weighted by Gasteiger charge is -2.37. The number of halogens is 1. The molecule has 1 saturated carbocycles. The maximum atomic E-state index is 11.8. The van der Waals surface area contributed by atoms with Crippen molar-refractivity contribution in [1.82, 2.24) is 4.90 Å². The first-order valence-electron chi connectivity index (χ1n) is 5.72. The van der Waals surface area contributed by atoms with E-state index in [1.165, 1.54) is 6.42 Å². The van der Waals surface area contributed by atoms with Gasteiger partial charge in [-0.15, -0.1) is 0 Å². The average Bonchev–Trinajstić information content (AvgIpc) is 2.14. The second kappa shape index (κ2) is 7.23. The van der Waals surface area contributed by atoms with E-state index in [0.717, 1.165) is 31.1 Å². The van der Waals surface area contributed by atoms with Crippen LogP contribution in [-0.2, 0) is 9.53 Å². The van der Waals surface area contributed by atoms with Crippen LogP contribution in [0.15, 0.2) is 0 Å². The van der Waals surface area contributed by atoms with E-state index in [-0.39, 0.29) is 12.5 Å². The molecule has 88 valence electrons. The fourth-order valence-electron chi connectivity index (χ4n) is 1.69. The van der Waals surface area contributed by atoms with Crippen LogP contribution in [0, 0.1) is 0 Å². The Hall–Kier alpha value is -0.0900. The SMILES string of the molecule is CCCOCC(=O)N(CCBr)C1CCC1. The van der Waals surface area contributed by atoms with Gasteiger partial charge >= 0.3 is 0 Å². The summed E-state index contributed by atoms with van der Waals surface area (Å²) in [4.78, 5) is 13.8. The minimum absolute atomic E-state index is 0.146. The number of rotatable bonds is 7. The molecule has 0 aromatic heterocycles. The van der Waals surface area contributed by atoms with E-state index in [1.54, 1.807) is 0 Å². The zero-order chi connectivity index (χ0) is 11.1. The van der Waals surface area contributed by atoms with E-state index in [4.69, 9.17) is 4.74 Å². The number of amides is 1. The highest BCUT2D eigenvalue weighted by Gasteiger charge is 2.27. The normalized spacial score (nSPS) is 16.1. The molecule has 3 nitrogen and oxygen atoms in total. The van der Waals surface area contributed by atoms with Crippen LogP contribution in [0.2, 0.25) is 0 Å². The Labute approximate surface area is 100 Å². The summed E-state index contributed by atoms with van der Waals surface area (Å²) in [6.45, 7) is 3.78. The quantitative estimate of drug-likeness (QED) is 0.527. The summed E-state index contributed by atoms with van der Waals surface area (Å²) < 4.78 is 5.28. The Morgan fingerprint density at radius 3 is 2.73 bits per heavy atom. The Morgan fingerprint density at radius 2 is 2.27 bits per heavy atom. The third kappa shape index (κ3) is 4.11. The highest BCUT2D eigenvalue weighted by molar-refractivity contribution is 9.09. The fraction of sp³-hybridized carbons (Fsp3) is 0.909. The molecule has 0 aromatic carbocycles. The summed E-state index contributed by atoms with van der Waals surface area (Å²) in [5.41, 5.74) is 0. The van der Waals surface area contributed by atoms with Gasteiger partial charge in [-0.3, -0.25) is 4.79 Å². The molecule has 0 aliphatic heterocycles. The molecule has 1 rings (SSSR count). The highest BCUT2D eigenvalue weighted by Crippen LogP contribution is 2.24. The zero-order valence-corrected chi connectivity index (χ0v) is 11.0. The van der Waals surface area contributed by atoms with Crippen molar-refractivity contribution >= 4 is 21.8 Å². The summed E-state index contributed by atoms with van der Waals surface area (Å²) in [5, 5.41) is 0.850. The van der Waals surface area contributed by atoms with Gasteiger partial charge in [-0.2, -0.15) is 0 Å². The Kier molecular flexibility index (Phi) is 6.25. The van der Waals surface area contributed by atoms with Gasteiger partial charge in [0.05, 0.1) is 0 Å². The number of nitrogens with zero attached hydrogens (tertiary/aromatic N) is 1. The van der Waals surface area contributed by atoms with Crippen molar-refractivity contribution in [1.29, 1.82) is 0 Å². The first-order chi connectivity index (χ1) is 7.29. The first kappa shape index (κ1) is 13.0. The molecular weight excluding hydrogens is 258 g/mol. The molecule has 15 heavy (non-hydrogen) atoms. The molecule has 1 aliphatic carbocycles. The largest absolute Gasteiger partial charge is 0.372 e. The highest BCUT2D eigenvalue weighted by atomic mass is 79.9. The lowest BCUT2D eigenvalue weighted by atomic mass is 9.91. The minimum Gasteiger partial charge on any atom is -0.372 e. The molecule has 0 N–H and O–H groups in total. The van der Waals surface area contributed by atoms with E-state index in [2.05, 4.69) is 15.9 Å². The Bertz CT molecular complexity index is 195. The minimum atomic E-state index is 0.146. The molecular formula is C11H20BrNO2. The number of ether oxygens (including phenoxy) is 1. The zero-order valence-electron chi connectivity index (χ0n) is 9.38. The first-order valence-corrected chi connectivity index (χ1v) is 6.85. The van der Waals surface area contributed by atoms with E-state index >= 15 is 0 Å². The van der Waals surface area contributed by atoms with Gasteiger partial charge in [-0.1, -0.05) is 22.9 Å². The summed E-state index contributed by atoms with van der Waals surface area (Å²) in [5.74, 6) is 0.146. The molecule has 0 atom stereocenters.